The molecule has 0 atom stereocenters. The van der Waals surface area contributed by atoms with Gasteiger partial charge in [-0.25, -0.2) is 4.98 Å². The van der Waals surface area contributed by atoms with E-state index in [0.29, 0.717) is 0 Å². The first kappa shape index (κ1) is 19.8. The lowest BCUT2D eigenvalue weighted by Gasteiger charge is -2.15. The van der Waals surface area contributed by atoms with Crippen molar-refractivity contribution in [1.29, 1.82) is 0 Å². The van der Waals surface area contributed by atoms with E-state index in [1.165, 1.54) is 24.8 Å². The third-order valence-corrected chi connectivity index (χ3v) is 6.26. The van der Waals surface area contributed by atoms with Crippen LogP contribution >= 0.6 is 0 Å². The number of unbranched alkanes of at least 4 members (excludes halogenated alkanes) is 2. The van der Waals surface area contributed by atoms with Crippen molar-refractivity contribution in [3.8, 4) is 0 Å². The molecule has 0 saturated heterocycles. The Morgan fingerprint density at radius 2 is 1.65 bits per heavy atom. The van der Waals surface area contributed by atoms with Gasteiger partial charge in [0, 0.05) is 50.9 Å². The average molecular weight is 411 g/mol. The Morgan fingerprint density at radius 1 is 0.871 bits per heavy atom. The van der Waals surface area contributed by atoms with E-state index in [-0.39, 0.29) is 5.41 Å². The minimum atomic E-state index is 0.0172. The van der Waals surface area contributed by atoms with E-state index in [1.54, 1.807) is 0 Å². The standard InChI is InChI=1S/C27H30N4/c1-4-5-6-7-23-24-12-10-19(29-24)14-18-8-9-21(28-18)16-26-27(2,3)17-22(31-26)15-20-11-13-25(23)30-20/h8-16,28,30H,4-7,17H2,1-3H3. The average Bonchev–Trinajstić information content (AvgIpc) is 3.49. The second-order valence-corrected chi connectivity index (χ2v) is 9.37. The highest BCUT2D eigenvalue weighted by atomic mass is 14.8. The molecule has 0 fully saturated rings. The van der Waals surface area contributed by atoms with Crippen LogP contribution in [0.1, 0.15) is 68.4 Å². The molecule has 0 amide bonds. The van der Waals surface area contributed by atoms with E-state index in [4.69, 9.17) is 9.97 Å². The summed E-state index contributed by atoms with van der Waals surface area (Å²) >= 11 is 0. The maximum atomic E-state index is 4.98. The molecule has 4 nitrogen and oxygen atoms in total. The molecule has 2 aliphatic rings. The van der Waals surface area contributed by atoms with Crippen molar-refractivity contribution in [2.24, 2.45) is 0 Å². The predicted molar refractivity (Wildman–Crippen MR) is 130 cm³/mol. The van der Waals surface area contributed by atoms with Crippen LogP contribution in [0, 0.1) is 0 Å². The van der Waals surface area contributed by atoms with E-state index >= 15 is 0 Å². The number of nitrogens with zero attached hydrogens (tertiary/aromatic N) is 2. The highest BCUT2D eigenvalue weighted by molar-refractivity contribution is 5.77. The van der Waals surface area contributed by atoms with E-state index in [9.17, 15) is 0 Å². The van der Waals surface area contributed by atoms with Gasteiger partial charge in [-0.1, -0.05) is 33.6 Å². The summed E-state index contributed by atoms with van der Waals surface area (Å²) < 4.78 is 0. The molecule has 3 aromatic heterocycles. The van der Waals surface area contributed by atoms with Crippen LogP contribution in [0.15, 0.2) is 42.5 Å². The second-order valence-electron chi connectivity index (χ2n) is 9.37. The maximum Gasteiger partial charge on any atom is 0.0690 e. The van der Waals surface area contributed by atoms with Gasteiger partial charge in [0.05, 0.1) is 11.4 Å². The molecule has 158 valence electrons. The van der Waals surface area contributed by atoms with Crippen molar-refractivity contribution in [3.63, 3.8) is 0 Å². The summed E-state index contributed by atoms with van der Waals surface area (Å²) in [5.41, 5.74) is 10.00. The minimum Gasteiger partial charge on any atom is -0.355 e. The van der Waals surface area contributed by atoms with Crippen molar-refractivity contribution in [2.75, 3.05) is 0 Å². The Kier molecular flexibility index (Phi) is 5.01. The number of fused-ring (bicyclic) bond motifs is 8. The van der Waals surface area contributed by atoms with Gasteiger partial charge in [0.1, 0.15) is 0 Å². The van der Waals surface area contributed by atoms with Gasteiger partial charge in [-0.3, -0.25) is 4.98 Å². The molecule has 3 aromatic rings. The molecule has 0 spiro atoms. The summed E-state index contributed by atoms with van der Waals surface area (Å²) in [6.45, 7) is 6.78. The SMILES string of the molecule is CCCCCc1c2nc(cc3ccc(cc4nc(cc5ccc1[nH]5)CC4(C)C)[nH]3)C=C2. The highest BCUT2D eigenvalue weighted by Crippen LogP contribution is 2.31. The quantitative estimate of drug-likeness (QED) is 0.366. The van der Waals surface area contributed by atoms with Gasteiger partial charge in [0.2, 0.25) is 0 Å². The minimum absolute atomic E-state index is 0.0172. The van der Waals surface area contributed by atoms with E-state index in [1.807, 2.05) is 0 Å². The maximum absolute atomic E-state index is 4.98. The predicted octanol–water partition coefficient (Wildman–Crippen LogP) is 6.74. The molecule has 2 aliphatic heterocycles. The van der Waals surface area contributed by atoms with Crippen molar-refractivity contribution in [2.45, 2.75) is 58.3 Å². The zero-order chi connectivity index (χ0) is 21.4. The number of hydrogen-bond acceptors (Lipinski definition) is 2. The van der Waals surface area contributed by atoms with Crippen LogP contribution in [-0.2, 0) is 18.3 Å². The van der Waals surface area contributed by atoms with Crippen molar-refractivity contribution < 1.29 is 0 Å². The topological polar surface area (TPSA) is 57.4 Å². The molecular weight excluding hydrogens is 380 g/mol. The Hall–Kier alpha value is -3.14. The normalized spacial score (nSPS) is 14.8. The van der Waals surface area contributed by atoms with Crippen LogP contribution in [0.5, 0.6) is 0 Å². The van der Waals surface area contributed by atoms with Gasteiger partial charge in [-0.05, 0) is 67.5 Å². The lowest BCUT2D eigenvalue weighted by Crippen LogP contribution is -2.14. The number of rotatable bonds is 4. The molecule has 2 N–H and O–H groups in total. The smallest absolute Gasteiger partial charge is 0.0690 e. The molecule has 8 bridgehead atoms. The van der Waals surface area contributed by atoms with E-state index in [0.717, 1.165) is 57.7 Å². The first-order valence-corrected chi connectivity index (χ1v) is 11.4. The van der Waals surface area contributed by atoms with Crippen LogP contribution in [0.3, 0.4) is 0 Å². The molecule has 4 heteroatoms. The molecular formula is C27H30N4. The van der Waals surface area contributed by atoms with Crippen LogP contribution in [0.2, 0.25) is 0 Å². The third-order valence-electron chi connectivity index (χ3n) is 6.26. The van der Waals surface area contributed by atoms with Gasteiger partial charge < -0.3 is 9.97 Å². The fourth-order valence-corrected chi connectivity index (χ4v) is 4.54. The van der Waals surface area contributed by atoms with Crippen LogP contribution in [0.4, 0.5) is 0 Å². The number of hydrogen-bond donors (Lipinski definition) is 2. The number of aromatic amines is 2. The van der Waals surface area contributed by atoms with Gasteiger partial charge in [-0.15, -0.1) is 0 Å². The third kappa shape index (κ3) is 4.07. The van der Waals surface area contributed by atoms with Crippen molar-refractivity contribution in [3.05, 3.63) is 70.8 Å². The molecule has 0 aliphatic carbocycles. The largest absolute Gasteiger partial charge is 0.355 e. The summed E-state index contributed by atoms with van der Waals surface area (Å²) in [5, 5.41) is 0. The molecule has 0 aromatic carbocycles. The fourth-order valence-electron chi connectivity index (χ4n) is 4.54. The van der Waals surface area contributed by atoms with Crippen molar-refractivity contribution >= 4 is 34.2 Å². The summed E-state index contributed by atoms with van der Waals surface area (Å²) in [7, 11) is 0. The fraction of sp³-hybridized carbons (Fsp3) is 0.333. The Labute approximate surface area is 183 Å². The molecule has 5 heterocycles. The molecule has 0 unspecified atom stereocenters. The van der Waals surface area contributed by atoms with Gasteiger partial charge in [0.25, 0.3) is 0 Å². The lowest BCUT2D eigenvalue weighted by atomic mass is 9.87. The summed E-state index contributed by atoms with van der Waals surface area (Å²) in [6.07, 6.45) is 9.84. The monoisotopic (exact) mass is 410 g/mol. The lowest BCUT2D eigenvalue weighted by molar-refractivity contribution is 0.543. The van der Waals surface area contributed by atoms with Gasteiger partial charge in [0.15, 0.2) is 0 Å². The van der Waals surface area contributed by atoms with Gasteiger partial charge >= 0.3 is 0 Å². The zero-order valence-electron chi connectivity index (χ0n) is 18.6. The van der Waals surface area contributed by atoms with E-state index in [2.05, 4.69) is 85.4 Å². The second kappa shape index (κ2) is 7.84. The van der Waals surface area contributed by atoms with Crippen LogP contribution < -0.4 is 0 Å². The number of aromatic nitrogens is 4. The van der Waals surface area contributed by atoms with Gasteiger partial charge in [-0.2, -0.15) is 0 Å². The molecule has 31 heavy (non-hydrogen) atoms. The number of nitrogens with one attached hydrogen (secondary N) is 2. The summed E-state index contributed by atoms with van der Waals surface area (Å²) in [5.74, 6) is 0. The van der Waals surface area contributed by atoms with E-state index < -0.39 is 0 Å². The van der Waals surface area contributed by atoms with Crippen molar-refractivity contribution in [1.82, 2.24) is 19.9 Å². The summed E-state index contributed by atoms with van der Waals surface area (Å²) in [6, 6.07) is 15.1. The zero-order valence-corrected chi connectivity index (χ0v) is 18.6. The molecule has 5 rings (SSSR count). The first-order chi connectivity index (χ1) is 15.0. The van der Waals surface area contributed by atoms with Crippen LogP contribution in [-0.4, -0.2) is 19.9 Å². The molecule has 0 saturated carbocycles. The Bertz CT molecular complexity index is 1300. The first-order valence-electron chi connectivity index (χ1n) is 11.4. The molecule has 0 radical (unpaired) electrons. The Morgan fingerprint density at radius 3 is 2.48 bits per heavy atom. The highest BCUT2D eigenvalue weighted by Gasteiger charge is 2.28. The van der Waals surface area contributed by atoms with Crippen LogP contribution in [0.25, 0.3) is 34.2 Å². The Balaban J connectivity index is 1.78. The summed E-state index contributed by atoms with van der Waals surface area (Å²) in [4.78, 5) is 17.1. The number of aryl methyl sites for hydroxylation is 1. The number of H-pyrrole nitrogens is 2.